The summed E-state index contributed by atoms with van der Waals surface area (Å²) in [5.41, 5.74) is 0.433. The lowest BCUT2D eigenvalue weighted by Gasteiger charge is -2.27. The van der Waals surface area contributed by atoms with Gasteiger partial charge in [0.05, 0.1) is 0 Å². The number of hydrogen-bond acceptors (Lipinski definition) is 2. The Morgan fingerprint density at radius 1 is 1.35 bits per heavy atom. The van der Waals surface area contributed by atoms with Gasteiger partial charge in [0.15, 0.2) is 0 Å². The van der Waals surface area contributed by atoms with Crippen LogP contribution in [0.25, 0.3) is 0 Å². The van der Waals surface area contributed by atoms with E-state index in [0.29, 0.717) is 18.4 Å². The van der Waals surface area contributed by atoms with Crippen molar-refractivity contribution in [2.45, 2.75) is 44.5 Å². The predicted molar refractivity (Wildman–Crippen MR) is 78.9 cm³/mol. The van der Waals surface area contributed by atoms with Gasteiger partial charge in [-0.2, -0.15) is 0 Å². The molecule has 1 rings (SSSR count). The normalized spacial score (nSPS) is 15.2. The van der Waals surface area contributed by atoms with E-state index in [-0.39, 0.29) is 0 Å². The fourth-order valence-corrected chi connectivity index (χ4v) is 2.15. The van der Waals surface area contributed by atoms with E-state index in [1.165, 1.54) is 6.92 Å². The lowest BCUT2D eigenvalue weighted by atomic mass is 9.95. The summed E-state index contributed by atoms with van der Waals surface area (Å²) in [6, 6.07) is 7.26. The van der Waals surface area contributed by atoms with Crippen molar-refractivity contribution in [1.29, 1.82) is 0 Å². The maximum atomic E-state index is 12.1. The van der Waals surface area contributed by atoms with Crippen LogP contribution in [-0.4, -0.2) is 22.5 Å². The van der Waals surface area contributed by atoms with Gasteiger partial charge in [0.25, 0.3) is 0 Å². The number of aliphatic carboxylic acids is 1. The highest BCUT2D eigenvalue weighted by Gasteiger charge is 2.35. The summed E-state index contributed by atoms with van der Waals surface area (Å²) >= 11 is 6.11. The highest BCUT2D eigenvalue weighted by molar-refractivity contribution is 6.31. The first kappa shape index (κ1) is 16.5. The average molecular weight is 298 g/mol. The number of hydrogen-bond donors (Lipinski definition) is 2. The van der Waals surface area contributed by atoms with Crippen LogP contribution in [0, 0.1) is 6.92 Å². The zero-order valence-corrected chi connectivity index (χ0v) is 12.7. The highest BCUT2D eigenvalue weighted by Crippen LogP contribution is 2.23. The van der Waals surface area contributed by atoms with E-state index in [2.05, 4.69) is 5.32 Å². The van der Waals surface area contributed by atoms with Gasteiger partial charge in [0, 0.05) is 0 Å². The van der Waals surface area contributed by atoms with Gasteiger partial charge in [-0.1, -0.05) is 43.2 Å². The molecule has 1 aromatic carbocycles. The van der Waals surface area contributed by atoms with Crippen molar-refractivity contribution in [3.63, 3.8) is 0 Å². The Morgan fingerprint density at radius 2 is 1.90 bits per heavy atom. The third-order valence-corrected chi connectivity index (χ3v) is 3.67. The second-order valence-electron chi connectivity index (χ2n) is 5.15. The number of carboxylic acid groups (broad SMARTS) is 1. The second-order valence-corrected chi connectivity index (χ2v) is 5.59. The fraction of sp³-hybridized carbons (Fsp3) is 0.467. The van der Waals surface area contributed by atoms with E-state index in [0.717, 1.165) is 5.56 Å². The Kier molecular flexibility index (Phi) is 5.57. The number of nitrogens with one attached hydrogen (secondary N) is 1. The third-order valence-electron chi connectivity index (χ3n) is 3.22. The molecule has 0 heterocycles. The molecule has 2 unspecified atom stereocenters. The minimum atomic E-state index is -1.29. The summed E-state index contributed by atoms with van der Waals surface area (Å²) in [5, 5.41) is 10.9. The molecule has 0 saturated carbocycles. The van der Waals surface area contributed by atoms with Gasteiger partial charge < -0.3 is 10.4 Å². The Balaban J connectivity index is 2.83. The number of carbonyl (C=O) groups is 2. The van der Waals surface area contributed by atoms with E-state index in [1.54, 1.807) is 12.1 Å². The van der Waals surface area contributed by atoms with E-state index in [9.17, 15) is 14.7 Å². The van der Waals surface area contributed by atoms with E-state index >= 15 is 0 Å². The summed E-state index contributed by atoms with van der Waals surface area (Å²) in [5.74, 6) is -1.55. The summed E-state index contributed by atoms with van der Waals surface area (Å²) in [6.07, 6.45) is 1.01. The molecule has 2 N–H and O–H groups in total. The molecule has 2 atom stereocenters. The quantitative estimate of drug-likeness (QED) is 0.793. The SMILES string of the molecule is CCCC(C)(NC(=O)C(Cl)c1ccc(C)cc1)C(=O)O. The van der Waals surface area contributed by atoms with Crippen molar-refractivity contribution in [3.05, 3.63) is 35.4 Å². The molecule has 4 nitrogen and oxygen atoms in total. The summed E-state index contributed by atoms with van der Waals surface area (Å²) in [4.78, 5) is 23.4. The van der Waals surface area contributed by atoms with Gasteiger partial charge in [-0.3, -0.25) is 4.79 Å². The molecule has 0 aliphatic heterocycles. The standard InChI is InChI=1S/C15H20ClNO3/c1-4-9-15(3,14(19)20)17-13(18)12(16)11-7-5-10(2)6-8-11/h5-8,12H,4,9H2,1-3H3,(H,17,18)(H,19,20). The van der Waals surface area contributed by atoms with Gasteiger partial charge >= 0.3 is 5.97 Å². The first-order valence-electron chi connectivity index (χ1n) is 6.56. The molecule has 0 aromatic heterocycles. The van der Waals surface area contributed by atoms with Crippen molar-refractivity contribution in [3.8, 4) is 0 Å². The number of alkyl halides is 1. The Labute approximate surface area is 124 Å². The van der Waals surface area contributed by atoms with Gasteiger partial charge in [-0.05, 0) is 25.8 Å². The van der Waals surface area contributed by atoms with Crippen molar-refractivity contribution in [2.24, 2.45) is 0 Å². The maximum absolute atomic E-state index is 12.1. The molecule has 0 radical (unpaired) electrons. The molecule has 0 aliphatic rings. The Bertz CT molecular complexity index is 486. The zero-order chi connectivity index (χ0) is 15.3. The van der Waals surface area contributed by atoms with Crippen LogP contribution in [0.1, 0.15) is 43.2 Å². The molecular formula is C15H20ClNO3. The van der Waals surface area contributed by atoms with Crippen LogP contribution in [0.4, 0.5) is 0 Å². The predicted octanol–water partition coefficient (Wildman–Crippen LogP) is 3.03. The zero-order valence-electron chi connectivity index (χ0n) is 11.9. The number of carbonyl (C=O) groups excluding carboxylic acids is 1. The fourth-order valence-electron chi connectivity index (χ4n) is 1.94. The van der Waals surface area contributed by atoms with Crippen LogP contribution in [0.2, 0.25) is 0 Å². The van der Waals surface area contributed by atoms with E-state index in [1.807, 2.05) is 26.0 Å². The van der Waals surface area contributed by atoms with Crippen LogP contribution < -0.4 is 5.32 Å². The van der Waals surface area contributed by atoms with Gasteiger partial charge in [0.2, 0.25) is 5.91 Å². The summed E-state index contributed by atoms with van der Waals surface area (Å²) in [6.45, 7) is 5.30. The summed E-state index contributed by atoms with van der Waals surface area (Å²) < 4.78 is 0. The number of carboxylic acids is 1. The first-order valence-corrected chi connectivity index (χ1v) is 7.00. The molecule has 1 aromatic rings. The third kappa shape index (κ3) is 3.97. The smallest absolute Gasteiger partial charge is 0.329 e. The molecule has 0 bridgehead atoms. The largest absolute Gasteiger partial charge is 0.480 e. The minimum Gasteiger partial charge on any atom is -0.480 e. The number of aryl methyl sites for hydroxylation is 1. The van der Waals surface area contributed by atoms with Crippen molar-refractivity contribution < 1.29 is 14.7 Å². The Hall–Kier alpha value is -1.55. The van der Waals surface area contributed by atoms with E-state index in [4.69, 9.17) is 11.6 Å². The van der Waals surface area contributed by atoms with Crippen LogP contribution in [0.5, 0.6) is 0 Å². The molecule has 1 amide bonds. The molecule has 5 heteroatoms. The van der Waals surface area contributed by atoms with Crippen molar-refractivity contribution >= 4 is 23.5 Å². The van der Waals surface area contributed by atoms with Gasteiger partial charge in [0.1, 0.15) is 10.9 Å². The van der Waals surface area contributed by atoms with Gasteiger partial charge in [-0.15, -0.1) is 11.6 Å². The molecule has 0 fully saturated rings. The monoisotopic (exact) mass is 297 g/mol. The number of rotatable bonds is 6. The first-order chi connectivity index (χ1) is 9.30. The molecule has 0 aliphatic carbocycles. The average Bonchev–Trinajstić information content (AvgIpc) is 2.38. The van der Waals surface area contributed by atoms with E-state index < -0.39 is 22.8 Å². The molecule has 110 valence electrons. The number of halogens is 1. The van der Waals surface area contributed by atoms with Crippen LogP contribution in [0.3, 0.4) is 0 Å². The molecule has 20 heavy (non-hydrogen) atoms. The van der Waals surface area contributed by atoms with Gasteiger partial charge in [-0.25, -0.2) is 4.79 Å². The van der Waals surface area contributed by atoms with Crippen molar-refractivity contribution in [2.75, 3.05) is 0 Å². The second kappa shape index (κ2) is 6.75. The molecule has 0 saturated heterocycles. The number of amides is 1. The topological polar surface area (TPSA) is 66.4 Å². The van der Waals surface area contributed by atoms with Crippen LogP contribution in [0.15, 0.2) is 24.3 Å². The Morgan fingerprint density at radius 3 is 2.35 bits per heavy atom. The van der Waals surface area contributed by atoms with Crippen LogP contribution in [-0.2, 0) is 9.59 Å². The maximum Gasteiger partial charge on any atom is 0.329 e. The summed E-state index contributed by atoms with van der Waals surface area (Å²) in [7, 11) is 0. The highest BCUT2D eigenvalue weighted by atomic mass is 35.5. The van der Waals surface area contributed by atoms with Crippen LogP contribution >= 0.6 is 11.6 Å². The minimum absolute atomic E-state index is 0.353. The molecule has 0 spiro atoms. The molecular weight excluding hydrogens is 278 g/mol. The lowest BCUT2D eigenvalue weighted by molar-refractivity contribution is -0.147. The van der Waals surface area contributed by atoms with Crippen molar-refractivity contribution in [1.82, 2.24) is 5.32 Å². The number of benzene rings is 1. The lowest BCUT2D eigenvalue weighted by Crippen LogP contribution is -2.52.